The van der Waals surface area contributed by atoms with E-state index in [1.807, 2.05) is 6.92 Å². The van der Waals surface area contributed by atoms with Crippen LogP contribution in [0.1, 0.15) is 35.4 Å². The molecule has 1 aromatic carbocycles. The predicted molar refractivity (Wildman–Crippen MR) is 99.4 cm³/mol. The highest BCUT2D eigenvalue weighted by Gasteiger charge is 2.23. The van der Waals surface area contributed by atoms with Crippen molar-refractivity contribution in [2.75, 3.05) is 26.9 Å². The molecule has 144 valence electrons. The molecule has 0 fully saturated rings. The molecule has 1 heterocycles. The van der Waals surface area contributed by atoms with Gasteiger partial charge in [-0.25, -0.2) is 4.98 Å². The van der Waals surface area contributed by atoms with Gasteiger partial charge in [-0.3, -0.25) is 14.6 Å². The molecular formula is C19H24N4O4. The number of benzene rings is 1. The molecule has 0 unspecified atom stereocenters. The summed E-state index contributed by atoms with van der Waals surface area (Å²) < 4.78 is 10.4. The fourth-order valence-electron chi connectivity index (χ4n) is 2.35. The second-order valence-electron chi connectivity index (χ2n) is 5.61. The number of rotatable bonds is 10. The van der Waals surface area contributed by atoms with E-state index in [0.29, 0.717) is 37.5 Å². The van der Waals surface area contributed by atoms with Crippen molar-refractivity contribution < 1.29 is 19.1 Å². The average molecular weight is 372 g/mol. The van der Waals surface area contributed by atoms with Crippen LogP contribution in [-0.4, -0.2) is 48.7 Å². The number of methoxy groups -OCH3 is 1. The van der Waals surface area contributed by atoms with Gasteiger partial charge < -0.3 is 20.1 Å². The maximum absolute atomic E-state index is 12.7. The summed E-state index contributed by atoms with van der Waals surface area (Å²) in [6.07, 6.45) is 4.93. The standard InChI is InChI=1S/C19H24N4O4/c1-3-27-12-4-9-22-19(25)17(14-5-7-15(26-2)8-6-14)23-18(24)16-13-20-10-11-21-16/h5-8,10-11,13,17H,3-4,9,12H2,1-2H3,(H,22,25)(H,23,24)/t17-/m0/s1. The van der Waals surface area contributed by atoms with Gasteiger partial charge in [-0.15, -0.1) is 0 Å². The highest BCUT2D eigenvalue weighted by molar-refractivity contribution is 5.96. The Kier molecular flexibility index (Phi) is 8.18. The van der Waals surface area contributed by atoms with Crippen molar-refractivity contribution in [1.29, 1.82) is 0 Å². The molecular weight excluding hydrogens is 348 g/mol. The van der Waals surface area contributed by atoms with Crippen LogP contribution in [0.15, 0.2) is 42.9 Å². The average Bonchev–Trinajstić information content (AvgIpc) is 2.72. The lowest BCUT2D eigenvalue weighted by molar-refractivity contribution is -0.123. The minimum atomic E-state index is -0.863. The number of nitrogens with zero attached hydrogens (tertiary/aromatic N) is 2. The highest BCUT2D eigenvalue weighted by Crippen LogP contribution is 2.18. The van der Waals surface area contributed by atoms with Gasteiger partial charge in [-0.05, 0) is 31.0 Å². The van der Waals surface area contributed by atoms with E-state index in [2.05, 4.69) is 20.6 Å². The number of ether oxygens (including phenoxy) is 2. The quantitative estimate of drug-likeness (QED) is 0.613. The van der Waals surface area contributed by atoms with E-state index in [-0.39, 0.29) is 11.6 Å². The smallest absolute Gasteiger partial charge is 0.272 e. The summed E-state index contributed by atoms with van der Waals surface area (Å²) in [7, 11) is 1.56. The number of carbonyl (C=O) groups is 2. The number of carbonyl (C=O) groups excluding carboxylic acids is 2. The van der Waals surface area contributed by atoms with Gasteiger partial charge in [0.05, 0.1) is 13.3 Å². The third-order valence-electron chi connectivity index (χ3n) is 3.75. The Morgan fingerprint density at radius 1 is 1.19 bits per heavy atom. The Morgan fingerprint density at radius 3 is 2.59 bits per heavy atom. The van der Waals surface area contributed by atoms with Crippen LogP contribution in [-0.2, 0) is 9.53 Å². The van der Waals surface area contributed by atoms with Gasteiger partial charge in [0.15, 0.2) is 0 Å². The van der Waals surface area contributed by atoms with Crippen molar-refractivity contribution in [3.63, 3.8) is 0 Å². The maximum atomic E-state index is 12.7. The van der Waals surface area contributed by atoms with Gasteiger partial charge in [0.25, 0.3) is 5.91 Å². The third kappa shape index (κ3) is 6.34. The van der Waals surface area contributed by atoms with Crippen LogP contribution >= 0.6 is 0 Å². The van der Waals surface area contributed by atoms with E-state index >= 15 is 0 Å². The SMILES string of the molecule is CCOCCCNC(=O)[C@@H](NC(=O)c1cnccn1)c1ccc(OC)cc1. The summed E-state index contributed by atoms with van der Waals surface area (Å²) >= 11 is 0. The molecule has 1 atom stereocenters. The van der Waals surface area contributed by atoms with E-state index in [1.54, 1.807) is 31.4 Å². The first kappa shape index (κ1) is 20.3. The van der Waals surface area contributed by atoms with Crippen molar-refractivity contribution in [3.8, 4) is 5.75 Å². The molecule has 2 amide bonds. The van der Waals surface area contributed by atoms with Gasteiger partial charge >= 0.3 is 0 Å². The minimum absolute atomic E-state index is 0.139. The lowest BCUT2D eigenvalue weighted by Crippen LogP contribution is -2.41. The first-order chi connectivity index (χ1) is 13.2. The summed E-state index contributed by atoms with van der Waals surface area (Å²) in [5.41, 5.74) is 0.774. The monoisotopic (exact) mass is 372 g/mol. The van der Waals surface area contributed by atoms with Gasteiger partial charge in [-0.2, -0.15) is 0 Å². The van der Waals surface area contributed by atoms with Crippen LogP contribution in [0, 0.1) is 0 Å². The number of aromatic nitrogens is 2. The van der Waals surface area contributed by atoms with Gasteiger partial charge in [0, 0.05) is 32.2 Å². The Balaban J connectivity index is 2.09. The van der Waals surface area contributed by atoms with E-state index in [1.165, 1.54) is 18.6 Å². The molecule has 8 heteroatoms. The molecule has 2 N–H and O–H groups in total. The molecule has 0 saturated carbocycles. The second kappa shape index (κ2) is 10.9. The first-order valence-electron chi connectivity index (χ1n) is 8.72. The summed E-state index contributed by atoms with van der Waals surface area (Å²) in [5, 5.41) is 5.54. The molecule has 0 saturated heterocycles. The summed E-state index contributed by atoms with van der Waals surface area (Å²) in [5.74, 6) is -0.128. The van der Waals surface area contributed by atoms with Crippen LogP contribution in [0.25, 0.3) is 0 Å². The first-order valence-corrected chi connectivity index (χ1v) is 8.72. The fraction of sp³-hybridized carbons (Fsp3) is 0.368. The normalized spacial score (nSPS) is 11.5. The summed E-state index contributed by atoms with van der Waals surface area (Å²) in [6, 6.07) is 6.08. The number of hydrogen-bond donors (Lipinski definition) is 2. The number of nitrogens with one attached hydrogen (secondary N) is 2. The number of amides is 2. The molecule has 0 radical (unpaired) electrons. The van der Waals surface area contributed by atoms with Crippen molar-refractivity contribution in [1.82, 2.24) is 20.6 Å². The Labute approximate surface area is 158 Å². The van der Waals surface area contributed by atoms with Crippen LogP contribution in [0.2, 0.25) is 0 Å². The minimum Gasteiger partial charge on any atom is -0.497 e. The van der Waals surface area contributed by atoms with Crippen molar-refractivity contribution in [3.05, 3.63) is 54.1 Å². The van der Waals surface area contributed by atoms with Gasteiger partial charge in [0.2, 0.25) is 5.91 Å². The highest BCUT2D eigenvalue weighted by atomic mass is 16.5. The zero-order chi connectivity index (χ0) is 19.5. The van der Waals surface area contributed by atoms with E-state index in [9.17, 15) is 9.59 Å². The van der Waals surface area contributed by atoms with Crippen LogP contribution in [0.4, 0.5) is 0 Å². The fourth-order valence-corrected chi connectivity index (χ4v) is 2.35. The largest absolute Gasteiger partial charge is 0.497 e. The predicted octanol–water partition coefficient (Wildman–Crippen LogP) is 1.50. The topological polar surface area (TPSA) is 102 Å². The Bertz CT molecular complexity index is 722. The van der Waals surface area contributed by atoms with E-state index in [4.69, 9.17) is 9.47 Å². The van der Waals surface area contributed by atoms with Crippen molar-refractivity contribution >= 4 is 11.8 Å². The lowest BCUT2D eigenvalue weighted by atomic mass is 10.1. The molecule has 1 aromatic heterocycles. The van der Waals surface area contributed by atoms with Crippen LogP contribution in [0.5, 0.6) is 5.75 Å². The third-order valence-corrected chi connectivity index (χ3v) is 3.75. The molecule has 0 spiro atoms. The molecule has 2 aromatic rings. The molecule has 8 nitrogen and oxygen atoms in total. The zero-order valence-corrected chi connectivity index (χ0v) is 15.5. The maximum Gasteiger partial charge on any atom is 0.272 e. The van der Waals surface area contributed by atoms with Crippen molar-refractivity contribution in [2.45, 2.75) is 19.4 Å². The van der Waals surface area contributed by atoms with Gasteiger partial charge in [0.1, 0.15) is 17.5 Å². The van der Waals surface area contributed by atoms with E-state index < -0.39 is 11.9 Å². The number of hydrogen-bond acceptors (Lipinski definition) is 6. The molecule has 0 bridgehead atoms. The van der Waals surface area contributed by atoms with Crippen LogP contribution in [0.3, 0.4) is 0 Å². The molecule has 0 aliphatic rings. The molecule has 2 rings (SSSR count). The summed E-state index contributed by atoms with van der Waals surface area (Å²) in [4.78, 5) is 32.9. The van der Waals surface area contributed by atoms with Gasteiger partial charge in [-0.1, -0.05) is 12.1 Å². The lowest BCUT2D eigenvalue weighted by Gasteiger charge is -2.19. The Morgan fingerprint density at radius 2 is 1.96 bits per heavy atom. The van der Waals surface area contributed by atoms with E-state index in [0.717, 1.165) is 0 Å². The van der Waals surface area contributed by atoms with Crippen molar-refractivity contribution in [2.24, 2.45) is 0 Å². The second-order valence-corrected chi connectivity index (χ2v) is 5.61. The molecule has 27 heavy (non-hydrogen) atoms. The zero-order valence-electron chi connectivity index (χ0n) is 15.5. The van der Waals surface area contributed by atoms with Crippen LogP contribution < -0.4 is 15.4 Å². The Hall–Kier alpha value is -3.00. The molecule has 0 aliphatic carbocycles. The summed E-state index contributed by atoms with van der Waals surface area (Å²) in [6.45, 7) is 3.57. The molecule has 0 aliphatic heterocycles.